The number of anilines is 1. The topological polar surface area (TPSA) is 26.0 Å². The molecule has 0 bridgehead atoms. The van der Waals surface area contributed by atoms with Gasteiger partial charge in [0.2, 0.25) is 0 Å². The molecule has 0 aliphatic carbocycles. The first-order valence-corrected chi connectivity index (χ1v) is 7.14. The van der Waals surface area contributed by atoms with E-state index in [9.17, 15) is 0 Å². The molecule has 0 aliphatic rings. The van der Waals surface area contributed by atoms with E-state index in [0.717, 1.165) is 12.1 Å². The van der Waals surface area contributed by atoms with Crippen LogP contribution in [-0.4, -0.2) is 0 Å². The van der Waals surface area contributed by atoms with Crippen LogP contribution >= 0.6 is 0 Å². The van der Waals surface area contributed by atoms with Gasteiger partial charge < -0.3 is 5.73 Å². The van der Waals surface area contributed by atoms with Gasteiger partial charge in [-0.2, -0.15) is 0 Å². The maximum atomic E-state index is 5.87. The van der Waals surface area contributed by atoms with Crippen molar-refractivity contribution in [2.24, 2.45) is 0 Å². The van der Waals surface area contributed by atoms with E-state index in [0.29, 0.717) is 0 Å². The lowest BCUT2D eigenvalue weighted by atomic mass is 10.0. The summed E-state index contributed by atoms with van der Waals surface area (Å²) in [5.41, 5.74) is 10.6. The van der Waals surface area contributed by atoms with Crippen molar-refractivity contribution in [1.29, 1.82) is 0 Å². The first-order chi connectivity index (χ1) is 10.3. The molecule has 0 spiro atoms. The van der Waals surface area contributed by atoms with E-state index in [4.69, 9.17) is 5.73 Å². The molecule has 0 fully saturated rings. The van der Waals surface area contributed by atoms with Crippen LogP contribution in [0.15, 0.2) is 84.9 Å². The normalized spacial score (nSPS) is 9.57. The Morgan fingerprint density at radius 1 is 0.667 bits per heavy atom. The predicted octanol–water partition coefficient (Wildman–Crippen LogP) is 4.85. The average Bonchev–Trinajstić information content (AvgIpc) is 2.52. The molecule has 3 aromatic carbocycles. The average molecular weight is 275 g/mol. The Hall–Kier alpha value is -2.54. The van der Waals surface area contributed by atoms with Crippen molar-refractivity contribution in [3.8, 4) is 0 Å². The predicted molar refractivity (Wildman–Crippen MR) is 91.3 cm³/mol. The van der Waals surface area contributed by atoms with E-state index in [1.807, 2.05) is 42.5 Å². The second kappa shape index (κ2) is 7.91. The quantitative estimate of drug-likeness (QED) is 0.664. The van der Waals surface area contributed by atoms with Crippen LogP contribution < -0.4 is 5.73 Å². The zero-order valence-electron chi connectivity index (χ0n) is 12.4. The van der Waals surface area contributed by atoms with Crippen LogP contribution in [0.25, 0.3) is 0 Å². The largest absolute Gasteiger partial charge is 0.398 e. The van der Waals surface area contributed by atoms with Crippen molar-refractivity contribution in [3.05, 3.63) is 102 Å². The molecule has 0 saturated heterocycles. The number of rotatable bonds is 2. The van der Waals surface area contributed by atoms with Gasteiger partial charge in [-0.15, -0.1) is 0 Å². The van der Waals surface area contributed by atoms with Gasteiger partial charge in [0, 0.05) is 5.69 Å². The molecule has 0 aromatic heterocycles. The van der Waals surface area contributed by atoms with E-state index in [1.54, 1.807) is 0 Å². The smallest absolute Gasteiger partial charge is 0.0349 e. The summed E-state index contributed by atoms with van der Waals surface area (Å²) >= 11 is 0. The minimum Gasteiger partial charge on any atom is -0.398 e. The van der Waals surface area contributed by atoms with E-state index in [1.165, 1.54) is 16.7 Å². The molecule has 0 heterocycles. The van der Waals surface area contributed by atoms with Crippen molar-refractivity contribution < 1.29 is 0 Å². The number of hydrogen-bond acceptors (Lipinski definition) is 1. The van der Waals surface area contributed by atoms with Crippen LogP contribution in [0, 0.1) is 6.92 Å². The molecule has 3 rings (SSSR count). The van der Waals surface area contributed by atoms with Gasteiger partial charge >= 0.3 is 0 Å². The summed E-state index contributed by atoms with van der Waals surface area (Å²) in [5, 5.41) is 0. The molecule has 0 unspecified atom stereocenters. The number of nitrogen functional groups attached to an aromatic ring is 1. The summed E-state index contributed by atoms with van der Waals surface area (Å²) in [6, 6.07) is 28.6. The van der Waals surface area contributed by atoms with Crippen LogP contribution in [0.2, 0.25) is 0 Å². The van der Waals surface area contributed by atoms with Crippen molar-refractivity contribution in [3.63, 3.8) is 0 Å². The number of aryl methyl sites for hydroxylation is 1. The molecular weight excluding hydrogens is 254 g/mol. The molecule has 1 heteroatoms. The van der Waals surface area contributed by atoms with Gasteiger partial charge in [0.05, 0.1) is 0 Å². The maximum Gasteiger partial charge on any atom is 0.0349 e. The molecule has 0 saturated carbocycles. The summed E-state index contributed by atoms with van der Waals surface area (Å²) in [7, 11) is 0. The zero-order chi connectivity index (χ0) is 14.9. The molecule has 1 nitrogen and oxygen atoms in total. The maximum absolute atomic E-state index is 5.87. The fraction of sp³-hybridized carbons (Fsp3) is 0.100. The summed E-state index contributed by atoms with van der Waals surface area (Å²) in [6.07, 6.45) is 0.910. The molecular formula is C20H21N. The SMILES string of the molecule is Cc1ccccc1.Nc1ccccc1Cc1ccccc1. The van der Waals surface area contributed by atoms with Crippen LogP contribution in [0.3, 0.4) is 0 Å². The number of hydrogen-bond donors (Lipinski definition) is 1. The lowest BCUT2D eigenvalue weighted by Gasteiger charge is -2.04. The Kier molecular flexibility index (Phi) is 5.60. The molecule has 0 radical (unpaired) electrons. The number of nitrogens with two attached hydrogens (primary N) is 1. The molecule has 21 heavy (non-hydrogen) atoms. The highest BCUT2D eigenvalue weighted by Crippen LogP contribution is 2.15. The van der Waals surface area contributed by atoms with Crippen molar-refractivity contribution in [2.45, 2.75) is 13.3 Å². The fourth-order valence-electron chi connectivity index (χ4n) is 2.05. The summed E-state index contributed by atoms with van der Waals surface area (Å²) in [6.45, 7) is 2.08. The van der Waals surface area contributed by atoms with Crippen molar-refractivity contribution >= 4 is 5.69 Å². The van der Waals surface area contributed by atoms with Gasteiger partial charge in [0.15, 0.2) is 0 Å². The van der Waals surface area contributed by atoms with E-state index in [-0.39, 0.29) is 0 Å². The molecule has 3 aromatic rings. The third-order valence-electron chi connectivity index (χ3n) is 3.23. The highest BCUT2D eigenvalue weighted by Gasteiger charge is 1.98. The molecule has 0 amide bonds. The molecule has 106 valence electrons. The minimum absolute atomic E-state index is 0.872. The summed E-state index contributed by atoms with van der Waals surface area (Å²) in [5.74, 6) is 0. The van der Waals surface area contributed by atoms with Crippen molar-refractivity contribution in [2.75, 3.05) is 5.73 Å². The second-order valence-electron chi connectivity index (χ2n) is 5.02. The lowest BCUT2D eigenvalue weighted by molar-refractivity contribution is 1.20. The first kappa shape index (κ1) is 14.9. The summed E-state index contributed by atoms with van der Waals surface area (Å²) in [4.78, 5) is 0. The monoisotopic (exact) mass is 275 g/mol. The Morgan fingerprint density at radius 2 is 1.19 bits per heavy atom. The Bertz CT molecular complexity index is 645. The Balaban J connectivity index is 0.000000194. The highest BCUT2D eigenvalue weighted by atomic mass is 14.6. The van der Waals surface area contributed by atoms with Crippen LogP contribution in [-0.2, 0) is 6.42 Å². The minimum atomic E-state index is 0.872. The Morgan fingerprint density at radius 3 is 1.71 bits per heavy atom. The lowest BCUT2D eigenvalue weighted by Crippen LogP contribution is -1.94. The van der Waals surface area contributed by atoms with Crippen LogP contribution in [0.4, 0.5) is 5.69 Å². The van der Waals surface area contributed by atoms with Gasteiger partial charge in [-0.3, -0.25) is 0 Å². The van der Waals surface area contributed by atoms with Gasteiger partial charge in [-0.25, -0.2) is 0 Å². The van der Waals surface area contributed by atoms with Gasteiger partial charge in [-0.05, 0) is 30.5 Å². The van der Waals surface area contributed by atoms with Gasteiger partial charge in [0.25, 0.3) is 0 Å². The first-order valence-electron chi connectivity index (χ1n) is 7.14. The van der Waals surface area contributed by atoms with Crippen LogP contribution in [0.1, 0.15) is 16.7 Å². The third kappa shape index (κ3) is 5.15. The highest BCUT2D eigenvalue weighted by molar-refractivity contribution is 5.48. The fourth-order valence-corrected chi connectivity index (χ4v) is 2.05. The summed E-state index contributed by atoms with van der Waals surface area (Å²) < 4.78 is 0. The second-order valence-corrected chi connectivity index (χ2v) is 5.02. The third-order valence-corrected chi connectivity index (χ3v) is 3.23. The van der Waals surface area contributed by atoms with E-state index < -0.39 is 0 Å². The van der Waals surface area contributed by atoms with Crippen LogP contribution in [0.5, 0.6) is 0 Å². The number of benzene rings is 3. The number of para-hydroxylation sites is 1. The zero-order valence-corrected chi connectivity index (χ0v) is 12.4. The van der Waals surface area contributed by atoms with Crippen molar-refractivity contribution in [1.82, 2.24) is 0 Å². The standard InChI is InChI=1S/C13H13N.C7H8/c14-13-9-5-4-8-12(13)10-11-6-2-1-3-7-11;1-7-5-3-2-4-6-7/h1-9H,10,14H2;2-6H,1H3. The molecule has 0 atom stereocenters. The molecule has 2 N–H and O–H groups in total. The molecule has 0 aliphatic heterocycles. The Labute approximate surface area is 127 Å². The van der Waals surface area contributed by atoms with E-state index in [2.05, 4.69) is 49.4 Å². The van der Waals surface area contributed by atoms with Gasteiger partial charge in [-0.1, -0.05) is 84.4 Å². The van der Waals surface area contributed by atoms with E-state index >= 15 is 0 Å². The van der Waals surface area contributed by atoms with Gasteiger partial charge in [0.1, 0.15) is 0 Å².